The van der Waals surface area contributed by atoms with Gasteiger partial charge in [-0.25, -0.2) is 0 Å². The van der Waals surface area contributed by atoms with Gasteiger partial charge in [-0.2, -0.15) is 0 Å². The number of nitrogens with zero attached hydrogens (tertiary/aromatic N) is 2. The average Bonchev–Trinajstić information content (AvgIpc) is 2.86. The molecule has 1 N–H and O–H groups in total. The van der Waals surface area contributed by atoms with Crippen LogP contribution < -0.4 is 5.32 Å². The topological polar surface area (TPSA) is 27.7 Å². The van der Waals surface area contributed by atoms with Crippen LogP contribution in [0.15, 0.2) is 0 Å². The van der Waals surface area contributed by atoms with Gasteiger partial charge in [0, 0.05) is 25.7 Å². The Bertz CT molecular complexity index is 274. The molecule has 2 aliphatic heterocycles. The second-order valence-electron chi connectivity index (χ2n) is 6.66. The second kappa shape index (κ2) is 8.32. The van der Waals surface area contributed by atoms with Crippen LogP contribution in [0.2, 0.25) is 0 Å². The van der Waals surface area contributed by atoms with E-state index >= 15 is 0 Å². The SMILES string of the molecule is CCCNCC1CCC(CN(C)C2CCCN(C)C2)O1. The number of hydrogen-bond donors (Lipinski definition) is 1. The van der Waals surface area contributed by atoms with Gasteiger partial charge >= 0.3 is 0 Å². The molecule has 0 amide bonds. The molecule has 0 spiro atoms. The summed E-state index contributed by atoms with van der Waals surface area (Å²) in [7, 11) is 4.51. The molecule has 2 heterocycles. The maximum Gasteiger partial charge on any atom is 0.0707 e. The third kappa shape index (κ3) is 4.99. The predicted octanol–water partition coefficient (Wildman–Crippen LogP) is 1.56. The monoisotopic (exact) mass is 283 g/mol. The number of hydrogen-bond acceptors (Lipinski definition) is 4. The summed E-state index contributed by atoms with van der Waals surface area (Å²) in [5.74, 6) is 0. The molecular weight excluding hydrogens is 250 g/mol. The van der Waals surface area contributed by atoms with E-state index in [1.807, 2.05) is 0 Å². The lowest BCUT2D eigenvalue weighted by atomic mass is 10.0. The maximum absolute atomic E-state index is 6.18. The fourth-order valence-electron chi connectivity index (χ4n) is 3.47. The fraction of sp³-hybridized carbons (Fsp3) is 1.00. The van der Waals surface area contributed by atoms with E-state index < -0.39 is 0 Å². The minimum atomic E-state index is 0.439. The first-order valence-electron chi connectivity index (χ1n) is 8.44. The van der Waals surface area contributed by atoms with Crippen molar-refractivity contribution >= 4 is 0 Å². The van der Waals surface area contributed by atoms with Gasteiger partial charge in [0.1, 0.15) is 0 Å². The molecule has 20 heavy (non-hydrogen) atoms. The van der Waals surface area contributed by atoms with Gasteiger partial charge in [-0.1, -0.05) is 6.92 Å². The minimum absolute atomic E-state index is 0.439. The Morgan fingerprint density at radius 1 is 1.25 bits per heavy atom. The van der Waals surface area contributed by atoms with E-state index in [-0.39, 0.29) is 0 Å². The molecule has 0 saturated carbocycles. The zero-order valence-electron chi connectivity index (χ0n) is 13.6. The highest BCUT2D eigenvalue weighted by molar-refractivity contribution is 4.82. The number of nitrogens with one attached hydrogen (secondary N) is 1. The van der Waals surface area contributed by atoms with Gasteiger partial charge in [-0.05, 0) is 59.3 Å². The zero-order valence-corrected chi connectivity index (χ0v) is 13.6. The van der Waals surface area contributed by atoms with E-state index in [4.69, 9.17) is 4.74 Å². The summed E-state index contributed by atoms with van der Waals surface area (Å²) in [6.07, 6.45) is 7.21. The Balaban J connectivity index is 1.66. The van der Waals surface area contributed by atoms with E-state index in [0.717, 1.165) is 25.7 Å². The molecule has 0 aliphatic carbocycles. The summed E-state index contributed by atoms with van der Waals surface area (Å²) in [5.41, 5.74) is 0. The van der Waals surface area contributed by atoms with Crippen molar-refractivity contribution in [2.24, 2.45) is 0 Å². The average molecular weight is 283 g/mol. The van der Waals surface area contributed by atoms with Crippen molar-refractivity contribution in [3.05, 3.63) is 0 Å². The molecule has 0 aromatic carbocycles. The predicted molar refractivity (Wildman–Crippen MR) is 84.2 cm³/mol. The van der Waals surface area contributed by atoms with E-state index in [1.54, 1.807) is 0 Å². The Morgan fingerprint density at radius 3 is 2.80 bits per heavy atom. The Kier molecular flexibility index (Phi) is 6.75. The smallest absolute Gasteiger partial charge is 0.0707 e. The number of likely N-dealkylation sites (tertiary alicyclic amines) is 1. The molecule has 0 radical (unpaired) electrons. The third-order valence-electron chi connectivity index (χ3n) is 4.71. The molecule has 2 saturated heterocycles. The molecule has 3 atom stereocenters. The van der Waals surface area contributed by atoms with Gasteiger partial charge in [-0.15, -0.1) is 0 Å². The fourth-order valence-corrected chi connectivity index (χ4v) is 3.47. The number of ether oxygens (including phenoxy) is 1. The lowest BCUT2D eigenvalue weighted by Gasteiger charge is -2.36. The largest absolute Gasteiger partial charge is 0.372 e. The van der Waals surface area contributed by atoms with Crippen molar-refractivity contribution in [2.45, 2.75) is 57.3 Å². The van der Waals surface area contributed by atoms with Gasteiger partial charge in [0.15, 0.2) is 0 Å². The van der Waals surface area contributed by atoms with Crippen LogP contribution in [0.1, 0.15) is 39.0 Å². The highest BCUT2D eigenvalue weighted by atomic mass is 16.5. The zero-order chi connectivity index (χ0) is 14.4. The summed E-state index contributed by atoms with van der Waals surface area (Å²) in [5, 5.41) is 3.47. The van der Waals surface area contributed by atoms with Gasteiger partial charge in [0.05, 0.1) is 12.2 Å². The highest BCUT2D eigenvalue weighted by Crippen LogP contribution is 2.22. The Morgan fingerprint density at radius 2 is 2.05 bits per heavy atom. The molecule has 2 aliphatic rings. The van der Waals surface area contributed by atoms with Crippen molar-refractivity contribution in [3.63, 3.8) is 0 Å². The molecule has 0 bridgehead atoms. The van der Waals surface area contributed by atoms with Crippen molar-refractivity contribution in [3.8, 4) is 0 Å². The van der Waals surface area contributed by atoms with Crippen molar-refractivity contribution in [1.82, 2.24) is 15.1 Å². The summed E-state index contributed by atoms with van der Waals surface area (Å²) in [6, 6.07) is 0.717. The molecule has 2 rings (SSSR count). The van der Waals surface area contributed by atoms with Gasteiger partial charge in [0.25, 0.3) is 0 Å². The van der Waals surface area contributed by atoms with Gasteiger partial charge < -0.3 is 15.0 Å². The quantitative estimate of drug-likeness (QED) is 0.718. The summed E-state index contributed by atoms with van der Waals surface area (Å²) >= 11 is 0. The third-order valence-corrected chi connectivity index (χ3v) is 4.71. The molecular formula is C16H33N3O. The maximum atomic E-state index is 6.18. The lowest BCUT2D eigenvalue weighted by Crippen LogP contribution is -2.47. The summed E-state index contributed by atoms with van der Waals surface area (Å²) in [4.78, 5) is 4.99. The van der Waals surface area contributed by atoms with Crippen molar-refractivity contribution < 1.29 is 4.74 Å². The molecule has 3 unspecified atom stereocenters. The van der Waals surface area contributed by atoms with Crippen LogP contribution in [0.3, 0.4) is 0 Å². The minimum Gasteiger partial charge on any atom is -0.372 e. The lowest BCUT2D eigenvalue weighted by molar-refractivity contribution is 0.0133. The van der Waals surface area contributed by atoms with Crippen LogP contribution >= 0.6 is 0 Å². The summed E-state index contributed by atoms with van der Waals surface area (Å²) < 4.78 is 6.18. The molecule has 0 aromatic rings. The highest BCUT2D eigenvalue weighted by Gasteiger charge is 2.28. The van der Waals surface area contributed by atoms with Crippen LogP contribution in [0.5, 0.6) is 0 Å². The first kappa shape index (κ1) is 16.2. The molecule has 118 valence electrons. The molecule has 4 heteroatoms. The van der Waals surface area contributed by atoms with Crippen LogP contribution in [0.4, 0.5) is 0 Å². The first-order valence-corrected chi connectivity index (χ1v) is 8.44. The van der Waals surface area contributed by atoms with Crippen LogP contribution in [0, 0.1) is 0 Å². The van der Waals surface area contributed by atoms with Crippen molar-refractivity contribution in [1.29, 1.82) is 0 Å². The molecule has 0 aromatic heterocycles. The Hall–Kier alpha value is -0.160. The number of rotatable bonds is 7. The van der Waals surface area contributed by atoms with Gasteiger partial charge in [0.2, 0.25) is 0 Å². The summed E-state index contributed by atoms with van der Waals surface area (Å²) in [6.45, 7) is 7.92. The normalized spacial score (nSPS) is 32.1. The number of piperidine rings is 1. The second-order valence-corrected chi connectivity index (χ2v) is 6.66. The van der Waals surface area contributed by atoms with Crippen LogP contribution in [-0.4, -0.2) is 74.9 Å². The van der Waals surface area contributed by atoms with E-state index in [2.05, 4.69) is 36.1 Å². The van der Waals surface area contributed by atoms with E-state index in [0.29, 0.717) is 12.2 Å². The van der Waals surface area contributed by atoms with Gasteiger partial charge in [-0.3, -0.25) is 4.90 Å². The first-order chi connectivity index (χ1) is 9.69. The van der Waals surface area contributed by atoms with Crippen LogP contribution in [-0.2, 0) is 4.74 Å². The Labute approximate surface area is 124 Å². The van der Waals surface area contributed by atoms with Crippen LogP contribution in [0.25, 0.3) is 0 Å². The van der Waals surface area contributed by atoms with E-state index in [9.17, 15) is 0 Å². The molecule has 4 nitrogen and oxygen atoms in total. The van der Waals surface area contributed by atoms with Crippen molar-refractivity contribution in [2.75, 3.05) is 46.8 Å². The standard InChI is InChI=1S/C16H33N3O/c1-4-9-17-11-15-7-8-16(20-15)13-19(3)14-6-5-10-18(2)12-14/h14-17H,4-13H2,1-3H3. The van der Waals surface area contributed by atoms with E-state index in [1.165, 1.54) is 45.2 Å². The number of likely N-dealkylation sites (N-methyl/N-ethyl adjacent to an activating group) is 2. The molecule has 2 fully saturated rings.